The summed E-state index contributed by atoms with van der Waals surface area (Å²) in [6, 6.07) is 7.25. The Labute approximate surface area is 108 Å². The van der Waals surface area contributed by atoms with Gasteiger partial charge in [-0.2, -0.15) is 0 Å². The van der Waals surface area contributed by atoms with Crippen LogP contribution >= 0.6 is 0 Å². The molecule has 2 saturated heterocycles. The first-order chi connectivity index (χ1) is 8.54. The molecule has 5 heteroatoms. The number of benzene rings is 1. The summed E-state index contributed by atoms with van der Waals surface area (Å²) in [5.41, 5.74) is 1.14. The molecule has 0 aliphatic carbocycles. The molecule has 1 aromatic rings. The van der Waals surface area contributed by atoms with Crippen molar-refractivity contribution >= 4 is 15.5 Å². The van der Waals surface area contributed by atoms with Crippen molar-refractivity contribution in [1.82, 2.24) is 5.32 Å². The topological polar surface area (TPSA) is 49.4 Å². The van der Waals surface area contributed by atoms with Crippen molar-refractivity contribution in [3.63, 3.8) is 0 Å². The van der Waals surface area contributed by atoms with E-state index in [9.17, 15) is 8.42 Å². The number of nitrogens with one attached hydrogen (secondary N) is 1. The quantitative estimate of drug-likeness (QED) is 0.858. The third-order valence-electron chi connectivity index (χ3n) is 4.02. The van der Waals surface area contributed by atoms with Crippen LogP contribution in [-0.4, -0.2) is 40.9 Å². The highest BCUT2D eigenvalue weighted by Gasteiger charge is 2.36. The molecule has 0 unspecified atom stereocenters. The monoisotopic (exact) mass is 266 g/mol. The normalized spacial score (nSPS) is 27.5. The van der Waals surface area contributed by atoms with Crippen LogP contribution in [0.2, 0.25) is 0 Å². The van der Waals surface area contributed by atoms with E-state index >= 15 is 0 Å². The number of nitrogens with zero attached hydrogens (tertiary/aromatic N) is 1. The maximum atomic E-state index is 11.4. The first kappa shape index (κ1) is 12.0. The molecule has 0 amide bonds. The Bertz CT molecular complexity index is 527. The molecule has 2 atom stereocenters. The van der Waals surface area contributed by atoms with E-state index in [4.69, 9.17) is 0 Å². The zero-order valence-corrected chi connectivity index (χ0v) is 11.3. The van der Waals surface area contributed by atoms with Crippen LogP contribution in [0.3, 0.4) is 0 Å². The minimum Gasteiger partial charge on any atom is -0.371 e. The maximum absolute atomic E-state index is 11.4. The largest absolute Gasteiger partial charge is 0.371 e. The summed E-state index contributed by atoms with van der Waals surface area (Å²) in [4.78, 5) is 2.76. The Morgan fingerprint density at radius 3 is 2.17 bits per heavy atom. The molecule has 4 nitrogen and oxygen atoms in total. The molecule has 0 radical (unpaired) electrons. The fraction of sp³-hybridized carbons (Fsp3) is 0.538. The summed E-state index contributed by atoms with van der Waals surface area (Å²) >= 11 is 0. The van der Waals surface area contributed by atoms with Crippen molar-refractivity contribution in [3.8, 4) is 0 Å². The van der Waals surface area contributed by atoms with Gasteiger partial charge in [-0.25, -0.2) is 8.42 Å². The van der Waals surface area contributed by atoms with Gasteiger partial charge in [0.1, 0.15) is 0 Å². The second-order valence-corrected chi connectivity index (χ2v) is 7.37. The predicted octanol–water partition coefficient (Wildman–Crippen LogP) is 0.746. The number of fused-ring (bicyclic) bond motifs is 1. The Kier molecular flexibility index (Phi) is 2.83. The Morgan fingerprint density at radius 2 is 1.67 bits per heavy atom. The summed E-state index contributed by atoms with van der Waals surface area (Å²) in [6.07, 6.45) is 1.24. The van der Waals surface area contributed by atoms with Crippen LogP contribution in [0.25, 0.3) is 0 Å². The summed E-state index contributed by atoms with van der Waals surface area (Å²) in [6.45, 7) is 4.39. The zero-order valence-electron chi connectivity index (χ0n) is 10.5. The van der Waals surface area contributed by atoms with Gasteiger partial charge in [-0.15, -0.1) is 0 Å². The minimum absolute atomic E-state index is 0.396. The third-order valence-corrected chi connectivity index (χ3v) is 5.15. The molecule has 18 heavy (non-hydrogen) atoms. The second-order valence-electron chi connectivity index (χ2n) is 5.35. The van der Waals surface area contributed by atoms with Crippen molar-refractivity contribution in [2.24, 2.45) is 11.8 Å². The van der Waals surface area contributed by atoms with E-state index in [1.165, 1.54) is 6.26 Å². The van der Waals surface area contributed by atoms with Gasteiger partial charge in [0.25, 0.3) is 0 Å². The van der Waals surface area contributed by atoms with Crippen molar-refractivity contribution in [2.45, 2.75) is 4.90 Å². The fourth-order valence-electron chi connectivity index (χ4n) is 2.97. The molecule has 2 heterocycles. The predicted molar refractivity (Wildman–Crippen MR) is 71.6 cm³/mol. The van der Waals surface area contributed by atoms with Crippen LogP contribution in [0.15, 0.2) is 29.2 Å². The Balaban J connectivity index is 1.78. The molecular formula is C13H18N2O2S. The van der Waals surface area contributed by atoms with Crippen LogP contribution < -0.4 is 10.2 Å². The van der Waals surface area contributed by atoms with Crippen molar-refractivity contribution in [3.05, 3.63) is 24.3 Å². The molecule has 1 aromatic carbocycles. The highest BCUT2D eigenvalue weighted by Crippen LogP contribution is 2.30. The molecule has 2 aliphatic rings. The van der Waals surface area contributed by atoms with Crippen LogP contribution in [0.5, 0.6) is 0 Å². The summed E-state index contributed by atoms with van der Waals surface area (Å²) in [5, 5.41) is 3.42. The van der Waals surface area contributed by atoms with Crippen molar-refractivity contribution in [1.29, 1.82) is 0 Å². The highest BCUT2D eigenvalue weighted by molar-refractivity contribution is 7.90. The van der Waals surface area contributed by atoms with Gasteiger partial charge in [0, 0.05) is 38.1 Å². The molecule has 0 spiro atoms. The van der Waals surface area contributed by atoms with Gasteiger partial charge in [0.2, 0.25) is 0 Å². The van der Waals surface area contributed by atoms with Gasteiger partial charge in [-0.3, -0.25) is 0 Å². The number of anilines is 1. The summed E-state index contributed by atoms with van der Waals surface area (Å²) < 4.78 is 22.8. The smallest absolute Gasteiger partial charge is 0.175 e. The molecule has 2 fully saturated rings. The van der Waals surface area contributed by atoms with E-state index in [1.54, 1.807) is 12.1 Å². The van der Waals surface area contributed by atoms with Crippen molar-refractivity contribution in [2.75, 3.05) is 37.3 Å². The van der Waals surface area contributed by atoms with E-state index in [2.05, 4.69) is 10.2 Å². The van der Waals surface area contributed by atoms with Gasteiger partial charge in [0.15, 0.2) is 9.84 Å². The van der Waals surface area contributed by atoms with E-state index < -0.39 is 9.84 Å². The number of sulfone groups is 1. The SMILES string of the molecule is CS(=O)(=O)c1ccc(N2C[C@H]3CNC[C@H]3C2)cc1. The Morgan fingerprint density at radius 1 is 1.11 bits per heavy atom. The molecule has 0 saturated carbocycles. The van der Waals surface area contributed by atoms with Crippen molar-refractivity contribution < 1.29 is 8.42 Å². The molecular weight excluding hydrogens is 248 g/mol. The lowest BCUT2D eigenvalue weighted by molar-refractivity contribution is 0.533. The van der Waals surface area contributed by atoms with Crippen LogP contribution in [0, 0.1) is 11.8 Å². The molecule has 0 aromatic heterocycles. The highest BCUT2D eigenvalue weighted by atomic mass is 32.2. The third kappa shape index (κ3) is 2.12. The molecule has 2 aliphatic heterocycles. The van der Waals surface area contributed by atoms with Crippen LogP contribution in [0.1, 0.15) is 0 Å². The number of hydrogen-bond donors (Lipinski definition) is 1. The van der Waals surface area contributed by atoms with E-state index in [0.29, 0.717) is 4.90 Å². The number of hydrogen-bond acceptors (Lipinski definition) is 4. The van der Waals surface area contributed by atoms with Gasteiger partial charge >= 0.3 is 0 Å². The second kappa shape index (κ2) is 4.24. The lowest BCUT2D eigenvalue weighted by atomic mass is 10.0. The van der Waals surface area contributed by atoms with Crippen LogP contribution in [0.4, 0.5) is 5.69 Å². The van der Waals surface area contributed by atoms with Gasteiger partial charge in [-0.1, -0.05) is 0 Å². The van der Waals surface area contributed by atoms with Gasteiger partial charge in [-0.05, 0) is 36.1 Å². The summed E-state index contributed by atoms with van der Waals surface area (Å²) in [7, 11) is -3.09. The van der Waals surface area contributed by atoms with E-state index in [1.807, 2.05) is 12.1 Å². The van der Waals surface area contributed by atoms with E-state index in [-0.39, 0.29) is 0 Å². The van der Waals surface area contributed by atoms with Crippen LogP contribution in [-0.2, 0) is 9.84 Å². The summed E-state index contributed by atoms with van der Waals surface area (Å²) in [5.74, 6) is 1.50. The molecule has 0 bridgehead atoms. The standard InChI is InChI=1S/C13H18N2O2S/c1-18(16,17)13-4-2-12(3-5-13)15-8-10-6-14-7-11(10)9-15/h2-5,10-11,14H,6-9H2,1H3/t10-,11+. The molecule has 1 N–H and O–H groups in total. The molecule has 98 valence electrons. The first-order valence-corrected chi connectivity index (χ1v) is 8.19. The maximum Gasteiger partial charge on any atom is 0.175 e. The lowest BCUT2D eigenvalue weighted by Crippen LogP contribution is -2.25. The fourth-order valence-corrected chi connectivity index (χ4v) is 3.60. The average molecular weight is 266 g/mol. The molecule has 3 rings (SSSR count). The first-order valence-electron chi connectivity index (χ1n) is 6.30. The van der Waals surface area contributed by atoms with Gasteiger partial charge < -0.3 is 10.2 Å². The minimum atomic E-state index is -3.09. The van der Waals surface area contributed by atoms with Gasteiger partial charge in [0.05, 0.1) is 4.90 Å². The number of rotatable bonds is 2. The zero-order chi connectivity index (χ0) is 12.8. The van der Waals surface area contributed by atoms with E-state index in [0.717, 1.165) is 43.7 Å². The average Bonchev–Trinajstić information content (AvgIpc) is 2.88. The Hall–Kier alpha value is -1.07. The lowest BCUT2D eigenvalue weighted by Gasteiger charge is -2.19.